The zero-order valence-electron chi connectivity index (χ0n) is 13.3. The van der Waals surface area contributed by atoms with E-state index in [2.05, 4.69) is 0 Å². The minimum absolute atomic E-state index is 0.222. The molecule has 1 N–H and O–H groups in total. The molecule has 1 unspecified atom stereocenters. The predicted molar refractivity (Wildman–Crippen MR) is 85.3 cm³/mol. The maximum Gasteiger partial charge on any atom is 0.232 e. The number of para-hydroxylation sites is 2. The maximum atomic E-state index is 11.9. The Morgan fingerprint density at radius 3 is 2.43 bits per heavy atom. The molecule has 5 nitrogen and oxygen atoms in total. The number of anilines is 1. The molecule has 1 aromatic carbocycles. The molecule has 0 saturated carbocycles. The van der Waals surface area contributed by atoms with Gasteiger partial charge in [-0.1, -0.05) is 26.0 Å². The number of aliphatic hydroxyl groups is 1. The third kappa shape index (κ3) is 4.89. The second-order valence-corrected chi connectivity index (χ2v) is 7.43. The SMILES string of the molecule is CC.CC(C)(O)CC1CN(S(C)(=O)=O)c2ccccc2O1. The molecule has 1 atom stereocenters. The molecule has 0 bridgehead atoms. The topological polar surface area (TPSA) is 66.8 Å². The number of hydrogen-bond acceptors (Lipinski definition) is 4. The van der Waals surface area contributed by atoms with E-state index in [4.69, 9.17) is 4.74 Å². The first-order valence-corrected chi connectivity index (χ1v) is 8.97. The Morgan fingerprint density at radius 2 is 1.90 bits per heavy atom. The third-order valence-corrected chi connectivity index (χ3v) is 4.07. The first kappa shape index (κ1) is 17.8. The fraction of sp³-hybridized carbons (Fsp3) is 0.600. The van der Waals surface area contributed by atoms with Crippen LogP contribution in [0.4, 0.5) is 5.69 Å². The largest absolute Gasteiger partial charge is 0.486 e. The average Bonchev–Trinajstić information content (AvgIpc) is 2.37. The number of ether oxygens (including phenoxy) is 1. The van der Waals surface area contributed by atoms with Crippen molar-refractivity contribution in [3.05, 3.63) is 24.3 Å². The third-order valence-electron chi connectivity index (χ3n) is 2.92. The molecule has 0 amide bonds. The molecule has 0 saturated heterocycles. The van der Waals surface area contributed by atoms with E-state index in [1.165, 1.54) is 10.6 Å². The minimum atomic E-state index is -3.36. The van der Waals surface area contributed by atoms with Gasteiger partial charge < -0.3 is 9.84 Å². The minimum Gasteiger partial charge on any atom is -0.486 e. The zero-order chi connectivity index (χ0) is 16.3. The van der Waals surface area contributed by atoms with Gasteiger partial charge in [0.1, 0.15) is 11.9 Å². The van der Waals surface area contributed by atoms with Crippen LogP contribution in [0.3, 0.4) is 0 Å². The quantitative estimate of drug-likeness (QED) is 0.930. The molecule has 6 heteroatoms. The highest BCUT2D eigenvalue weighted by Gasteiger charge is 2.33. The van der Waals surface area contributed by atoms with Gasteiger partial charge in [-0.3, -0.25) is 4.31 Å². The van der Waals surface area contributed by atoms with Crippen molar-refractivity contribution in [1.82, 2.24) is 0 Å². The van der Waals surface area contributed by atoms with Crippen molar-refractivity contribution < 1.29 is 18.3 Å². The number of benzene rings is 1. The van der Waals surface area contributed by atoms with Crippen LogP contribution in [0.1, 0.15) is 34.1 Å². The van der Waals surface area contributed by atoms with E-state index in [-0.39, 0.29) is 12.6 Å². The van der Waals surface area contributed by atoms with E-state index in [9.17, 15) is 13.5 Å². The lowest BCUT2D eigenvalue weighted by molar-refractivity contribution is 0.0278. The first-order valence-electron chi connectivity index (χ1n) is 7.12. The summed E-state index contributed by atoms with van der Waals surface area (Å²) >= 11 is 0. The Balaban J connectivity index is 0.00000106. The molecule has 120 valence electrons. The highest BCUT2D eigenvalue weighted by Crippen LogP contribution is 2.36. The van der Waals surface area contributed by atoms with Crippen LogP contribution >= 0.6 is 0 Å². The van der Waals surface area contributed by atoms with Gasteiger partial charge in [0.15, 0.2) is 0 Å². The van der Waals surface area contributed by atoms with Gasteiger partial charge in [0, 0.05) is 6.42 Å². The Hall–Kier alpha value is -1.27. The normalized spacial score (nSPS) is 18.2. The molecular formula is C15H25NO4S. The van der Waals surface area contributed by atoms with Crippen molar-refractivity contribution in [2.75, 3.05) is 17.1 Å². The smallest absolute Gasteiger partial charge is 0.232 e. The van der Waals surface area contributed by atoms with Crippen LogP contribution in [0.5, 0.6) is 5.75 Å². The fourth-order valence-electron chi connectivity index (χ4n) is 2.24. The van der Waals surface area contributed by atoms with Gasteiger partial charge in [-0.15, -0.1) is 0 Å². The number of rotatable bonds is 3. The van der Waals surface area contributed by atoms with Crippen molar-refractivity contribution in [2.24, 2.45) is 0 Å². The summed E-state index contributed by atoms with van der Waals surface area (Å²) in [5.74, 6) is 0.536. The lowest BCUT2D eigenvalue weighted by atomic mass is 10.00. The van der Waals surface area contributed by atoms with Gasteiger partial charge in [0.2, 0.25) is 10.0 Å². The van der Waals surface area contributed by atoms with E-state index in [0.717, 1.165) is 0 Å². The maximum absolute atomic E-state index is 11.9. The van der Waals surface area contributed by atoms with Gasteiger partial charge in [-0.05, 0) is 26.0 Å². The zero-order valence-corrected chi connectivity index (χ0v) is 14.1. The van der Waals surface area contributed by atoms with Crippen LogP contribution in [-0.4, -0.2) is 38.0 Å². The van der Waals surface area contributed by atoms with Crippen LogP contribution in [0, 0.1) is 0 Å². The number of nitrogens with zero attached hydrogens (tertiary/aromatic N) is 1. The summed E-state index contributed by atoms with van der Waals surface area (Å²) in [6, 6.07) is 7.03. The van der Waals surface area contributed by atoms with Gasteiger partial charge >= 0.3 is 0 Å². The summed E-state index contributed by atoms with van der Waals surface area (Å²) < 4.78 is 30.8. The summed E-state index contributed by atoms with van der Waals surface area (Å²) in [5, 5.41) is 9.86. The Kier molecular flexibility index (Phi) is 5.64. The standard InChI is InChI=1S/C13H19NO4S.C2H6/c1-13(2,15)8-10-9-14(19(3,16)17)11-6-4-5-7-12(11)18-10;1-2/h4-7,10,15H,8-9H2,1-3H3;1-2H3. The molecule has 21 heavy (non-hydrogen) atoms. The number of sulfonamides is 1. The Labute approximate surface area is 127 Å². The second kappa shape index (κ2) is 6.66. The van der Waals surface area contributed by atoms with E-state index in [0.29, 0.717) is 17.9 Å². The van der Waals surface area contributed by atoms with Crippen molar-refractivity contribution in [1.29, 1.82) is 0 Å². The summed E-state index contributed by atoms with van der Waals surface area (Å²) in [6.45, 7) is 7.59. The first-order chi connectivity index (χ1) is 9.67. The molecule has 0 aromatic heterocycles. The molecule has 1 heterocycles. The molecule has 2 rings (SSSR count). The fourth-order valence-corrected chi connectivity index (χ4v) is 3.19. The van der Waals surface area contributed by atoms with Crippen molar-refractivity contribution >= 4 is 15.7 Å². The van der Waals surface area contributed by atoms with Gasteiger partial charge in [-0.2, -0.15) is 0 Å². The van der Waals surface area contributed by atoms with Crippen LogP contribution in [0.2, 0.25) is 0 Å². The molecule has 1 aliphatic heterocycles. The Bertz CT molecular complexity index is 563. The van der Waals surface area contributed by atoms with Crippen molar-refractivity contribution in [2.45, 2.75) is 45.8 Å². The Morgan fingerprint density at radius 1 is 1.33 bits per heavy atom. The van der Waals surface area contributed by atoms with Gasteiger partial charge in [-0.25, -0.2) is 8.42 Å². The predicted octanol–water partition coefficient (Wildman–Crippen LogP) is 2.40. The van der Waals surface area contributed by atoms with Crippen LogP contribution in [0.15, 0.2) is 24.3 Å². The lowest BCUT2D eigenvalue weighted by Gasteiger charge is -2.36. The summed E-state index contributed by atoms with van der Waals surface area (Å²) in [6.07, 6.45) is 1.19. The van der Waals surface area contributed by atoms with E-state index >= 15 is 0 Å². The molecular weight excluding hydrogens is 290 g/mol. The molecule has 1 aliphatic rings. The lowest BCUT2D eigenvalue weighted by Crippen LogP contribution is -2.45. The molecule has 0 spiro atoms. The van der Waals surface area contributed by atoms with Crippen molar-refractivity contribution in [3.63, 3.8) is 0 Å². The molecule has 0 aliphatic carbocycles. The number of hydrogen-bond donors (Lipinski definition) is 1. The molecule has 1 aromatic rings. The molecule has 0 radical (unpaired) electrons. The molecule has 0 fully saturated rings. The summed E-state index contributed by atoms with van der Waals surface area (Å²) in [4.78, 5) is 0. The van der Waals surface area contributed by atoms with Crippen LogP contribution in [-0.2, 0) is 10.0 Å². The van der Waals surface area contributed by atoms with E-state index in [1.807, 2.05) is 13.8 Å². The highest BCUT2D eigenvalue weighted by molar-refractivity contribution is 7.92. The van der Waals surface area contributed by atoms with Crippen LogP contribution < -0.4 is 9.04 Å². The number of fused-ring (bicyclic) bond motifs is 1. The average molecular weight is 315 g/mol. The van der Waals surface area contributed by atoms with E-state index < -0.39 is 15.6 Å². The second-order valence-electron chi connectivity index (χ2n) is 5.52. The van der Waals surface area contributed by atoms with Gasteiger partial charge in [0.05, 0.1) is 24.1 Å². The van der Waals surface area contributed by atoms with E-state index in [1.54, 1.807) is 38.1 Å². The summed E-state index contributed by atoms with van der Waals surface area (Å²) in [7, 11) is -3.36. The van der Waals surface area contributed by atoms with Crippen molar-refractivity contribution in [3.8, 4) is 5.75 Å². The van der Waals surface area contributed by atoms with Gasteiger partial charge in [0.25, 0.3) is 0 Å². The van der Waals surface area contributed by atoms with Crippen LogP contribution in [0.25, 0.3) is 0 Å². The highest BCUT2D eigenvalue weighted by atomic mass is 32.2. The monoisotopic (exact) mass is 315 g/mol. The summed E-state index contributed by atoms with van der Waals surface area (Å²) in [5.41, 5.74) is -0.350.